The third-order valence-electron chi connectivity index (χ3n) is 3.02. The Hall–Kier alpha value is -1.04. The fourth-order valence-corrected chi connectivity index (χ4v) is 3.38. The Balaban J connectivity index is 1.88. The van der Waals surface area contributed by atoms with Crippen molar-refractivity contribution in [1.82, 2.24) is 4.90 Å². The van der Waals surface area contributed by atoms with Gasteiger partial charge in [0.2, 0.25) is 0 Å². The van der Waals surface area contributed by atoms with Gasteiger partial charge in [0.1, 0.15) is 12.4 Å². The maximum absolute atomic E-state index is 5.75. The zero-order valence-electron chi connectivity index (χ0n) is 12.6. The monoisotopic (exact) mass is 368 g/mol. The molecule has 114 valence electrons. The SMILES string of the molecule is Cc1sc(CNc2cccc(OCCN(C)C)c2)cc1Br. The van der Waals surface area contributed by atoms with E-state index in [-0.39, 0.29) is 0 Å². The summed E-state index contributed by atoms with van der Waals surface area (Å²) in [7, 11) is 4.09. The van der Waals surface area contributed by atoms with Crippen molar-refractivity contribution in [3.05, 3.63) is 44.6 Å². The number of halogens is 1. The lowest BCUT2D eigenvalue weighted by Gasteiger charge is -2.12. The number of hydrogen-bond donors (Lipinski definition) is 1. The van der Waals surface area contributed by atoms with Gasteiger partial charge in [-0.3, -0.25) is 0 Å². The van der Waals surface area contributed by atoms with Crippen LogP contribution in [-0.4, -0.2) is 32.1 Å². The average molecular weight is 369 g/mol. The van der Waals surface area contributed by atoms with Crippen LogP contribution < -0.4 is 10.1 Å². The third-order valence-corrected chi connectivity index (χ3v) is 5.15. The highest BCUT2D eigenvalue weighted by Gasteiger charge is 2.03. The molecule has 0 atom stereocenters. The average Bonchev–Trinajstić information content (AvgIpc) is 2.76. The first-order chi connectivity index (χ1) is 10.0. The van der Waals surface area contributed by atoms with Crippen LogP contribution in [0.15, 0.2) is 34.8 Å². The number of benzene rings is 1. The molecule has 2 rings (SSSR count). The van der Waals surface area contributed by atoms with Crippen LogP contribution in [0.25, 0.3) is 0 Å². The Bertz CT molecular complexity index is 564. The molecule has 0 aliphatic rings. The van der Waals surface area contributed by atoms with Crippen molar-refractivity contribution in [2.45, 2.75) is 13.5 Å². The molecule has 0 fully saturated rings. The number of ether oxygens (including phenoxy) is 1. The number of hydrogen-bond acceptors (Lipinski definition) is 4. The van der Waals surface area contributed by atoms with Gasteiger partial charge in [0.05, 0.1) is 0 Å². The molecule has 0 spiro atoms. The minimum atomic E-state index is 0.702. The van der Waals surface area contributed by atoms with E-state index < -0.39 is 0 Å². The van der Waals surface area contributed by atoms with Crippen LogP contribution >= 0.6 is 27.3 Å². The minimum absolute atomic E-state index is 0.702. The zero-order chi connectivity index (χ0) is 15.2. The Labute approximate surface area is 139 Å². The second-order valence-electron chi connectivity index (χ2n) is 5.15. The molecule has 1 N–H and O–H groups in total. The van der Waals surface area contributed by atoms with E-state index in [2.05, 4.69) is 45.2 Å². The van der Waals surface area contributed by atoms with Gasteiger partial charge in [0, 0.05) is 39.1 Å². The van der Waals surface area contributed by atoms with Crippen molar-refractivity contribution in [2.24, 2.45) is 0 Å². The summed E-state index contributed by atoms with van der Waals surface area (Å²) in [5.41, 5.74) is 1.08. The predicted molar refractivity (Wildman–Crippen MR) is 94.6 cm³/mol. The number of nitrogens with zero attached hydrogens (tertiary/aromatic N) is 1. The van der Waals surface area contributed by atoms with Crippen molar-refractivity contribution in [3.8, 4) is 5.75 Å². The molecule has 0 radical (unpaired) electrons. The van der Waals surface area contributed by atoms with Gasteiger partial charge in [-0.25, -0.2) is 0 Å². The van der Waals surface area contributed by atoms with Gasteiger partial charge in [-0.1, -0.05) is 6.07 Å². The third kappa shape index (κ3) is 5.34. The van der Waals surface area contributed by atoms with Gasteiger partial charge < -0.3 is 15.0 Å². The summed E-state index contributed by atoms with van der Waals surface area (Å²) >= 11 is 5.36. The second kappa shape index (κ2) is 7.82. The Morgan fingerprint density at radius 3 is 2.76 bits per heavy atom. The van der Waals surface area contributed by atoms with Crippen molar-refractivity contribution in [3.63, 3.8) is 0 Å². The summed E-state index contributed by atoms with van der Waals surface area (Å²) in [5, 5.41) is 3.44. The lowest BCUT2D eigenvalue weighted by atomic mass is 10.3. The normalized spacial score (nSPS) is 10.9. The molecule has 0 amide bonds. The highest BCUT2D eigenvalue weighted by Crippen LogP contribution is 2.27. The largest absolute Gasteiger partial charge is 0.492 e. The van der Waals surface area contributed by atoms with Gasteiger partial charge in [0.15, 0.2) is 0 Å². The molecule has 0 aliphatic heterocycles. The molecule has 0 unspecified atom stereocenters. The summed E-state index contributed by atoms with van der Waals surface area (Å²) in [6.07, 6.45) is 0. The molecule has 1 aromatic carbocycles. The quantitative estimate of drug-likeness (QED) is 0.784. The zero-order valence-corrected chi connectivity index (χ0v) is 15.1. The minimum Gasteiger partial charge on any atom is -0.492 e. The predicted octanol–water partition coefficient (Wildman–Crippen LogP) is 4.37. The molecule has 0 saturated carbocycles. The molecular weight excluding hydrogens is 348 g/mol. The summed E-state index contributed by atoms with van der Waals surface area (Å²) < 4.78 is 6.93. The number of likely N-dealkylation sites (N-methyl/N-ethyl adjacent to an activating group) is 1. The number of nitrogens with one attached hydrogen (secondary N) is 1. The molecule has 3 nitrogen and oxygen atoms in total. The van der Waals surface area contributed by atoms with E-state index in [1.54, 1.807) is 0 Å². The molecule has 1 heterocycles. The van der Waals surface area contributed by atoms with E-state index in [1.165, 1.54) is 14.2 Å². The Morgan fingerprint density at radius 1 is 1.29 bits per heavy atom. The van der Waals surface area contributed by atoms with Crippen LogP contribution in [0.3, 0.4) is 0 Å². The maximum Gasteiger partial charge on any atom is 0.121 e. The van der Waals surface area contributed by atoms with Crippen LogP contribution in [0.4, 0.5) is 5.69 Å². The maximum atomic E-state index is 5.75. The van der Waals surface area contributed by atoms with Crippen LogP contribution in [0.1, 0.15) is 9.75 Å². The fraction of sp³-hybridized carbons (Fsp3) is 0.375. The Morgan fingerprint density at radius 2 is 2.10 bits per heavy atom. The lowest BCUT2D eigenvalue weighted by Crippen LogP contribution is -2.19. The van der Waals surface area contributed by atoms with Crippen molar-refractivity contribution in [1.29, 1.82) is 0 Å². The number of thiophene rings is 1. The number of rotatable bonds is 7. The van der Waals surface area contributed by atoms with Gasteiger partial charge in [0.25, 0.3) is 0 Å². The first-order valence-electron chi connectivity index (χ1n) is 6.91. The molecular formula is C16H21BrN2OS. The first-order valence-corrected chi connectivity index (χ1v) is 8.52. The van der Waals surface area contributed by atoms with Gasteiger partial charge in [-0.2, -0.15) is 0 Å². The summed E-state index contributed by atoms with van der Waals surface area (Å²) in [6.45, 7) is 4.57. The van der Waals surface area contributed by atoms with E-state index in [4.69, 9.17) is 4.74 Å². The van der Waals surface area contributed by atoms with E-state index in [1.807, 2.05) is 43.6 Å². The molecule has 0 saturated heterocycles. The Kier molecular flexibility index (Phi) is 6.08. The van der Waals surface area contributed by atoms with Crippen LogP contribution in [-0.2, 0) is 6.54 Å². The molecule has 5 heteroatoms. The summed E-state index contributed by atoms with van der Waals surface area (Å²) in [6, 6.07) is 10.3. The van der Waals surface area contributed by atoms with Crippen molar-refractivity contribution in [2.75, 3.05) is 32.6 Å². The van der Waals surface area contributed by atoms with E-state index >= 15 is 0 Å². The van der Waals surface area contributed by atoms with E-state index in [0.717, 1.165) is 24.5 Å². The van der Waals surface area contributed by atoms with Gasteiger partial charge in [-0.15, -0.1) is 11.3 Å². The summed E-state index contributed by atoms with van der Waals surface area (Å²) in [4.78, 5) is 4.74. The molecule has 21 heavy (non-hydrogen) atoms. The first kappa shape index (κ1) is 16.3. The van der Waals surface area contributed by atoms with Crippen LogP contribution in [0, 0.1) is 6.92 Å². The van der Waals surface area contributed by atoms with E-state index in [9.17, 15) is 0 Å². The standard InChI is InChI=1S/C16H21BrN2OS/c1-12-16(17)10-15(21-12)11-18-13-5-4-6-14(9-13)20-8-7-19(2)3/h4-6,9-10,18H,7-8,11H2,1-3H3. The molecule has 2 aromatic rings. The molecule has 0 aliphatic carbocycles. The van der Waals surface area contributed by atoms with Crippen molar-refractivity contribution >= 4 is 33.0 Å². The topological polar surface area (TPSA) is 24.5 Å². The van der Waals surface area contributed by atoms with Gasteiger partial charge in [-0.05, 0) is 55.1 Å². The lowest BCUT2D eigenvalue weighted by molar-refractivity contribution is 0.261. The highest BCUT2D eigenvalue weighted by atomic mass is 79.9. The molecule has 1 aromatic heterocycles. The highest BCUT2D eigenvalue weighted by molar-refractivity contribution is 9.10. The van der Waals surface area contributed by atoms with E-state index in [0.29, 0.717) is 6.61 Å². The van der Waals surface area contributed by atoms with Crippen LogP contribution in [0.2, 0.25) is 0 Å². The summed E-state index contributed by atoms with van der Waals surface area (Å²) in [5.74, 6) is 0.908. The smallest absolute Gasteiger partial charge is 0.121 e. The van der Waals surface area contributed by atoms with Crippen molar-refractivity contribution < 1.29 is 4.74 Å². The second-order valence-corrected chi connectivity index (χ2v) is 7.35. The fourth-order valence-electron chi connectivity index (χ4n) is 1.84. The van der Waals surface area contributed by atoms with Gasteiger partial charge >= 0.3 is 0 Å². The number of aryl methyl sites for hydroxylation is 1. The molecule has 0 bridgehead atoms. The number of anilines is 1. The van der Waals surface area contributed by atoms with Crippen LogP contribution in [0.5, 0.6) is 5.75 Å².